The van der Waals surface area contributed by atoms with Gasteiger partial charge in [0.1, 0.15) is 11.7 Å². The Balaban J connectivity index is 1.69. The summed E-state index contributed by atoms with van der Waals surface area (Å²) in [6, 6.07) is 9.57. The largest absolute Gasteiger partial charge is 0.468 e. The van der Waals surface area contributed by atoms with Crippen LogP contribution in [0.4, 0.5) is 0 Å². The van der Waals surface area contributed by atoms with Crippen LogP contribution >= 0.6 is 0 Å². The van der Waals surface area contributed by atoms with Crippen molar-refractivity contribution in [3.05, 3.63) is 47.3 Å². The summed E-state index contributed by atoms with van der Waals surface area (Å²) in [5.74, 6) is -1.26. The van der Waals surface area contributed by atoms with Crippen LogP contribution in [-0.4, -0.2) is 38.8 Å². The number of carbonyl (C=O) groups is 2. The SMILES string of the molecule is Cc1cc(C)n(CCN2C(=O)[C@H](C(N)=O)[C@H]3C[C@@]2(C)Oc2ccccc23)n1. The number of aromatic nitrogens is 2. The van der Waals surface area contributed by atoms with Gasteiger partial charge >= 0.3 is 0 Å². The number of piperidine rings is 1. The highest BCUT2D eigenvalue weighted by molar-refractivity contribution is 6.01. The van der Waals surface area contributed by atoms with Crippen LogP contribution in [0.2, 0.25) is 0 Å². The molecule has 7 nitrogen and oxygen atoms in total. The first-order valence-corrected chi connectivity index (χ1v) is 9.20. The summed E-state index contributed by atoms with van der Waals surface area (Å²) in [6.07, 6.45) is 0.542. The summed E-state index contributed by atoms with van der Waals surface area (Å²) in [5, 5.41) is 4.46. The zero-order chi connectivity index (χ0) is 19.3. The summed E-state index contributed by atoms with van der Waals surface area (Å²) >= 11 is 0. The second kappa shape index (κ2) is 6.11. The fourth-order valence-corrected chi connectivity index (χ4v) is 4.47. The van der Waals surface area contributed by atoms with Gasteiger partial charge in [0.25, 0.3) is 0 Å². The summed E-state index contributed by atoms with van der Waals surface area (Å²) in [5.41, 5.74) is 7.68. The van der Waals surface area contributed by atoms with Crippen molar-refractivity contribution in [2.75, 3.05) is 6.54 Å². The molecule has 2 aliphatic rings. The van der Waals surface area contributed by atoms with Crippen LogP contribution in [0.25, 0.3) is 0 Å². The molecular formula is C20H24N4O3. The molecule has 1 aromatic carbocycles. The van der Waals surface area contributed by atoms with E-state index in [2.05, 4.69) is 5.10 Å². The molecule has 2 amide bonds. The molecule has 0 saturated carbocycles. The Morgan fingerprint density at radius 3 is 2.74 bits per heavy atom. The van der Waals surface area contributed by atoms with Gasteiger partial charge in [0.15, 0.2) is 5.72 Å². The zero-order valence-electron chi connectivity index (χ0n) is 15.8. The Labute approximate surface area is 158 Å². The number of hydrogen-bond donors (Lipinski definition) is 1. The van der Waals surface area contributed by atoms with E-state index >= 15 is 0 Å². The van der Waals surface area contributed by atoms with Crippen molar-refractivity contribution in [1.82, 2.24) is 14.7 Å². The molecule has 7 heteroatoms. The number of nitrogens with two attached hydrogens (primary N) is 1. The van der Waals surface area contributed by atoms with Crippen LogP contribution < -0.4 is 10.5 Å². The number of carbonyl (C=O) groups excluding carboxylic acids is 2. The predicted molar refractivity (Wildman–Crippen MR) is 98.9 cm³/mol. The smallest absolute Gasteiger partial charge is 0.238 e. The number of fused-ring (bicyclic) bond motifs is 4. The summed E-state index contributed by atoms with van der Waals surface area (Å²) in [6.45, 7) is 6.76. The molecule has 0 spiro atoms. The third kappa shape index (κ3) is 2.78. The van der Waals surface area contributed by atoms with Gasteiger partial charge in [0, 0.05) is 24.6 Å². The first-order chi connectivity index (χ1) is 12.8. The summed E-state index contributed by atoms with van der Waals surface area (Å²) in [4.78, 5) is 27.1. The quantitative estimate of drug-likeness (QED) is 0.832. The average molecular weight is 368 g/mol. The van der Waals surface area contributed by atoms with E-state index in [1.54, 1.807) is 4.90 Å². The third-order valence-corrected chi connectivity index (χ3v) is 5.70. The zero-order valence-corrected chi connectivity index (χ0v) is 15.8. The number of rotatable bonds is 4. The number of hydrogen-bond acceptors (Lipinski definition) is 4. The van der Waals surface area contributed by atoms with Crippen LogP contribution in [0.1, 0.15) is 36.2 Å². The molecule has 2 bridgehead atoms. The van der Waals surface area contributed by atoms with Gasteiger partial charge in [0.2, 0.25) is 11.8 Å². The molecule has 0 unspecified atom stereocenters. The van der Waals surface area contributed by atoms with Crippen molar-refractivity contribution in [3.8, 4) is 5.75 Å². The minimum Gasteiger partial charge on any atom is -0.468 e. The van der Waals surface area contributed by atoms with E-state index in [4.69, 9.17) is 10.5 Å². The van der Waals surface area contributed by atoms with Gasteiger partial charge in [-0.05, 0) is 38.5 Å². The van der Waals surface area contributed by atoms with Crippen molar-refractivity contribution in [2.45, 2.75) is 45.4 Å². The van der Waals surface area contributed by atoms with Gasteiger partial charge in [-0.15, -0.1) is 0 Å². The lowest BCUT2D eigenvalue weighted by molar-refractivity contribution is -0.175. The number of benzene rings is 1. The van der Waals surface area contributed by atoms with Crippen LogP contribution in [0.3, 0.4) is 0 Å². The first-order valence-electron chi connectivity index (χ1n) is 9.20. The van der Waals surface area contributed by atoms with E-state index in [1.165, 1.54) is 0 Å². The number of likely N-dealkylation sites (tertiary alicyclic amines) is 1. The molecule has 1 saturated heterocycles. The molecule has 1 aromatic heterocycles. The number of amides is 2. The van der Waals surface area contributed by atoms with Crippen molar-refractivity contribution >= 4 is 11.8 Å². The summed E-state index contributed by atoms with van der Waals surface area (Å²) in [7, 11) is 0. The highest BCUT2D eigenvalue weighted by Gasteiger charge is 2.55. The Bertz CT molecular complexity index is 922. The average Bonchev–Trinajstić information content (AvgIpc) is 2.91. The second-order valence-electron chi connectivity index (χ2n) is 7.65. The first kappa shape index (κ1) is 17.6. The molecule has 27 heavy (non-hydrogen) atoms. The standard InChI is InChI=1S/C20H24N4O3/c1-12-10-13(2)24(22-12)9-8-23-19(26)17(18(21)25)15-11-20(23,3)27-16-7-5-4-6-14(15)16/h4-7,10,15,17H,8-9,11H2,1-3H3,(H2,21,25)/t15-,17-,20+/m0/s1. The van der Waals surface area contributed by atoms with E-state index in [-0.39, 0.29) is 11.8 Å². The molecular weight excluding hydrogens is 344 g/mol. The second-order valence-corrected chi connectivity index (χ2v) is 7.65. The Morgan fingerprint density at radius 2 is 2.07 bits per heavy atom. The van der Waals surface area contributed by atoms with E-state index in [0.717, 1.165) is 17.0 Å². The molecule has 142 valence electrons. The normalized spacial score (nSPS) is 26.5. The monoisotopic (exact) mass is 368 g/mol. The number of ether oxygens (including phenoxy) is 1. The molecule has 3 heterocycles. The molecule has 4 rings (SSSR count). The van der Waals surface area contributed by atoms with Gasteiger partial charge in [0.05, 0.1) is 12.2 Å². The number of primary amides is 1. The van der Waals surface area contributed by atoms with E-state index in [1.807, 2.05) is 55.8 Å². The van der Waals surface area contributed by atoms with Gasteiger partial charge in [-0.1, -0.05) is 18.2 Å². The topological polar surface area (TPSA) is 90.5 Å². The van der Waals surface area contributed by atoms with Gasteiger partial charge in [-0.2, -0.15) is 5.10 Å². The van der Waals surface area contributed by atoms with Crippen LogP contribution in [0.15, 0.2) is 30.3 Å². The molecule has 3 atom stereocenters. The maximum atomic E-state index is 13.2. The van der Waals surface area contributed by atoms with Crippen molar-refractivity contribution in [1.29, 1.82) is 0 Å². The molecule has 2 N–H and O–H groups in total. The third-order valence-electron chi connectivity index (χ3n) is 5.70. The highest BCUT2D eigenvalue weighted by atomic mass is 16.5. The Morgan fingerprint density at radius 1 is 1.33 bits per heavy atom. The van der Waals surface area contributed by atoms with Gasteiger partial charge in [-0.3, -0.25) is 14.3 Å². The fourth-order valence-electron chi connectivity index (χ4n) is 4.47. The van der Waals surface area contributed by atoms with Crippen molar-refractivity contribution in [3.63, 3.8) is 0 Å². The summed E-state index contributed by atoms with van der Waals surface area (Å²) < 4.78 is 8.12. The lowest BCUT2D eigenvalue weighted by atomic mass is 9.73. The molecule has 1 fully saturated rings. The highest BCUT2D eigenvalue weighted by Crippen LogP contribution is 2.49. The van der Waals surface area contributed by atoms with E-state index < -0.39 is 17.6 Å². The maximum Gasteiger partial charge on any atom is 0.238 e. The van der Waals surface area contributed by atoms with Gasteiger partial charge < -0.3 is 15.4 Å². The van der Waals surface area contributed by atoms with Crippen molar-refractivity contribution < 1.29 is 14.3 Å². The maximum absolute atomic E-state index is 13.2. The Hall–Kier alpha value is -2.83. The molecule has 2 aromatic rings. The van der Waals surface area contributed by atoms with Gasteiger partial charge in [-0.25, -0.2) is 0 Å². The van der Waals surface area contributed by atoms with Crippen molar-refractivity contribution in [2.24, 2.45) is 11.7 Å². The molecule has 0 radical (unpaired) electrons. The van der Waals surface area contributed by atoms with Crippen LogP contribution in [0.5, 0.6) is 5.75 Å². The minimum atomic E-state index is -0.872. The lowest BCUT2D eigenvalue weighted by Crippen LogP contribution is -2.65. The van der Waals surface area contributed by atoms with Crippen LogP contribution in [0, 0.1) is 19.8 Å². The van der Waals surface area contributed by atoms with E-state index in [0.29, 0.717) is 25.3 Å². The van der Waals surface area contributed by atoms with Crippen LogP contribution in [-0.2, 0) is 16.1 Å². The minimum absolute atomic E-state index is 0.255. The molecule has 2 aliphatic heterocycles. The number of aryl methyl sites for hydroxylation is 2. The predicted octanol–water partition coefficient (Wildman–Crippen LogP) is 1.73. The number of para-hydroxylation sites is 1. The number of nitrogens with zero attached hydrogens (tertiary/aromatic N) is 3. The molecule has 0 aliphatic carbocycles. The fraction of sp³-hybridized carbons (Fsp3) is 0.450. The lowest BCUT2D eigenvalue weighted by Gasteiger charge is -2.52. The van der Waals surface area contributed by atoms with E-state index in [9.17, 15) is 9.59 Å². The Kier molecular flexibility index (Phi) is 3.98.